The molecule has 5 nitrogen and oxygen atoms in total. The first-order chi connectivity index (χ1) is 17.4. The van der Waals surface area contributed by atoms with Gasteiger partial charge in [-0.25, -0.2) is 4.39 Å². The highest BCUT2D eigenvalue weighted by atomic mass is 32.1. The van der Waals surface area contributed by atoms with Gasteiger partial charge in [-0.15, -0.1) is 11.3 Å². The van der Waals surface area contributed by atoms with Crippen LogP contribution in [-0.2, 0) is 11.2 Å². The molecular weight excluding hydrogens is 473 g/mol. The van der Waals surface area contributed by atoms with Gasteiger partial charge >= 0.3 is 0 Å². The lowest BCUT2D eigenvalue weighted by molar-refractivity contribution is -0.137. The van der Waals surface area contributed by atoms with E-state index in [1.807, 2.05) is 11.8 Å². The minimum atomic E-state index is -0.357. The van der Waals surface area contributed by atoms with Crippen molar-refractivity contribution >= 4 is 23.2 Å². The molecular formula is C29H32FN3O2S. The second-order valence-corrected chi connectivity index (χ2v) is 10.7. The summed E-state index contributed by atoms with van der Waals surface area (Å²) in [5.74, 6) is -0.356. The topological polar surface area (TPSA) is 43.9 Å². The Hall–Kier alpha value is -3.03. The highest BCUT2D eigenvalue weighted by Gasteiger charge is 2.37. The van der Waals surface area contributed by atoms with Crippen molar-refractivity contribution < 1.29 is 14.0 Å². The molecule has 3 heterocycles. The highest BCUT2D eigenvalue weighted by Crippen LogP contribution is 2.40. The zero-order valence-electron chi connectivity index (χ0n) is 20.8. The minimum Gasteiger partial charge on any atom is -0.340 e. The number of carbonyl (C=O) groups excluding carboxylic acids is 2. The number of aryl methyl sites for hydroxylation is 1. The van der Waals surface area contributed by atoms with Crippen LogP contribution < -0.4 is 0 Å². The van der Waals surface area contributed by atoms with Crippen LogP contribution >= 0.6 is 11.3 Å². The van der Waals surface area contributed by atoms with Crippen molar-refractivity contribution in [3.8, 4) is 0 Å². The Morgan fingerprint density at radius 3 is 2.42 bits per heavy atom. The normalized spacial score (nSPS) is 19.5. The van der Waals surface area contributed by atoms with E-state index in [2.05, 4.69) is 47.5 Å². The fourth-order valence-electron chi connectivity index (χ4n) is 5.51. The monoisotopic (exact) mass is 505 g/mol. The van der Waals surface area contributed by atoms with E-state index in [0.717, 1.165) is 19.4 Å². The van der Waals surface area contributed by atoms with E-state index < -0.39 is 0 Å². The maximum absolute atomic E-state index is 13.8. The highest BCUT2D eigenvalue weighted by molar-refractivity contribution is 7.10. The van der Waals surface area contributed by atoms with Crippen LogP contribution in [0.3, 0.4) is 0 Å². The van der Waals surface area contributed by atoms with Crippen molar-refractivity contribution in [2.75, 3.05) is 32.7 Å². The lowest BCUT2D eigenvalue weighted by atomic mass is 9.89. The average molecular weight is 506 g/mol. The zero-order chi connectivity index (χ0) is 25.2. The molecule has 0 N–H and O–H groups in total. The molecule has 36 heavy (non-hydrogen) atoms. The van der Waals surface area contributed by atoms with Gasteiger partial charge < -0.3 is 9.80 Å². The molecule has 2 aliphatic rings. The Morgan fingerprint density at radius 1 is 0.917 bits per heavy atom. The van der Waals surface area contributed by atoms with Gasteiger partial charge in [0.1, 0.15) is 5.82 Å². The average Bonchev–Trinajstić information content (AvgIpc) is 3.24. The summed E-state index contributed by atoms with van der Waals surface area (Å²) in [6, 6.07) is 16.1. The van der Waals surface area contributed by atoms with Gasteiger partial charge in [-0.05, 0) is 79.1 Å². The SMILES string of the molecule is Cc1ccccc1[C@@H]1c2ccsc2CCN1[C@@H](C)C(=O)N1CCCN(C(=O)c2ccc(F)cc2)CC1. The van der Waals surface area contributed by atoms with Gasteiger partial charge in [0.25, 0.3) is 5.91 Å². The molecule has 1 fully saturated rings. The maximum Gasteiger partial charge on any atom is 0.253 e. The third-order valence-electron chi connectivity index (χ3n) is 7.53. The van der Waals surface area contributed by atoms with E-state index in [9.17, 15) is 14.0 Å². The number of hydrogen-bond acceptors (Lipinski definition) is 4. The van der Waals surface area contributed by atoms with E-state index in [1.54, 1.807) is 16.2 Å². The standard InChI is InChI=1S/C29H32FN3O2S/c1-20-6-3-4-7-24(20)27-25-13-19-36-26(25)12-16-33(27)21(2)28(34)31-14-5-15-32(18-17-31)29(35)22-8-10-23(30)11-9-22/h3-4,6-11,13,19,21,27H,5,12,14-18H2,1-2H3/t21-,27+/m0/s1. The van der Waals surface area contributed by atoms with E-state index in [4.69, 9.17) is 0 Å². The number of halogens is 1. The molecule has 0 unspecified atom stereocenters. The second kappa shape index (κ2) is 10.5. The van der Waals surface area contributed by atoms with Gasteiger partial charge in [-0.2, -0.15) is 0 Å². The smallest absolute Gasteiger partial charge is 0.253 e. The number of hydrogen-bond donors (Lipinski definition) is 0. The van der Waals surface area contributed by atoms with Crippen molar-refractivity contribution in [2.45, 2.75) is 38.8 Å². The van der Waals surface area contributed by atoms with Crippen molar-refractivity contribution in [3.05, 3.63) is 92.9 Å². The molecule has 188 valence electrons. The molecule has 5 rings (SSSR count). The van der Waals surface area contributed by atoms with Crippen molar-refractivity contribution in [1.29, 1.82) is 0 Å². The van der Waals surface area contributed by atoms with Crippen LogP contribution in [0.5, 0.6) is 0 Å². The summed E-state index contributed by atoms with van der Waals surface area (Å²) in [6.45, 7) is 7.19. The molecule has 0 spiro atoms. The summed E-state index contributed by atoms with van der Waals surface area (Å²) < 4.78 is 13.3. The van der Waals surface area contributed by atoms with Gasteiger partial charge in [-0.3, -0.25) is 14.5 Å². The van der Waals surface area contributed by atoms with Crippen LogP contribution in [0.25, 0.3) is 0 Å². The third-order valence-corrected chi connectivity index (χ3v) is 8.52. The van der Waals surface area contributed by atoms with Gasteiger partial charge in [0.2, 0.25) is 5.91 Å². The lowest BCUT2D eigenvalue weighted by Gasteiger charge is -2.41. The van der Waals surface area contributed by atoms with E-state index in [0.29, 0.717) is 31.7 Å². The molecule has 2 aliphatic heterocycles. The molecule has 2 aromatic carbocycles. The number of carbonyl (C=O) groups is 2. The van der Waals surface area contributed by atoms with Crippen molar-refractivity contribution in [2.24, 2.45) is 0 Å². The fraction of sp³-hybridized carbons (Fsp3) is 0.379. The molecule has 0 radical (unpaired) electrons. The number of amides is 2. The molecule has 0 aliphatic carbocycles. The third kappa shape index (κ3) is 4.82. The summed E-state index contributed by atoms with van der Waals surface area (Å²) in [5, 5.41) is 2.16. The first-order valence-corrected chi connectivity index (χ1v) is 13.5. The Balaban J connectivity index is 1.32. The number of benzene rings is 2. The second-order valence-electron chi connectivity index (χ2n) is 9.70. The van der Waals surface area contributed by atoms with Crippen molar-refractivity contribution in [3.63, 3.8) is 0 Å². The molecule has 3 aromatic rings. The van der Waals surface area contributed by atoms with Gasteiger partial charge in [-0.1, -0.05) is 24.3 Å². The summed E-state index contributed by atoms with van der Waals surface area (Å²) in [6.07, 6.45) is 1.67. The number of nitrogens with zero attached hydrogens (tertiary/aromatic N) is 3. The van der Waals surface area contributed by atoms with Gasteiger partial charge in [0.15, 0.2) is 0 Å². The number of fused-ring (bicyclic) bond motifs is 1. The van der Waals surface area contributed by atoms with Crippen molar-refractivity contribution in [1.82, 2.24) is 14.7 Å². The van der Waals surface area contributed by atoms with Crippen LogP contribution in [0.4, 0.5) is 4.39 Å². The Kier molecular flexibility index (Phi) is 7.21. The van der Waals surface area contributed by atoms with Crippen LogP contribution in [0.2, 0.25) is 0 Å². The molecule has 7 heteroatoms. The number of thiophene rings is 1. The lowest BCUT2D eigenvalue weighted by Crippen LogP contribution is -2.51. The Bertz CT molecular complexity index is 1240. The molecule has 2 amide bonds. The predicted molar refractivity (Wildman–Crippen MR) is 141 cm³/mol. The molecule has 0 saturated carbocycles. The van der Waals surface area contributed by atoms with Gasteiger partial charge in [0.05, 0.1) is 12.1 Å². The maximum atomic E-state index is 13.8. The zero-order valence-corrected chi connectivity index (χ0v) is 21.6. The largest absolute Gasteiger partial charge is 0.340 e. The Labute approximate surface area is 216 Å². The molecule has 2 atom stereocenters. The first-order valence-electron chi connectivity index (χ1n) is 12.6. The molecule has 1 saturated heterocycles. The summed E-state index contributed by atoms with van der Waals surface area (Å²) >= 11 is 1.80. The van der Waals surface area contributed by atoms with E-state index in [-0.39, 0.29) is 29.7 Å². The first kappa shape index (κ1) is 24.7. The summed E-state index contributed by atoms with van der Waals surface area (Å²) in [7, 11) is 0. The molecule has 1 aromatic heterocycles. The Morgan fingerprint density at radius 2 is 1.64 bits per heavy atom. The number of rotatable bonds is 4. The van der Waals surface area contributed by atoms with Crippen LogP contribution in [-0.4, -0.2) is 65.3 Å². The minimum absolute atomic E-state index is 0.0590. The predicted octanol–water partition coefficient (Wildman–Crippen LogP) is 4.91. The molecule has 0 bridgehead atoms. The van der Waals surface area contributed by atoms with E-state index >= 15 is 0 Å². The summed E-state index contributed by atoms with van der Waals surface area (Å²) in [4.78, 5) is 34.2. The van der Waals surface area contributed by atoms with Crippen LogP contribution in [0.15, 0.2) is 60.0 Å². The summed E-state index contributed by atoms with van der Waals surface area (Å²) in [5.41, 5.74) is 4.27. The van der Waals surface area contributed by atoms with Crippen LogP contribution in [0, 0.1) is 12.7 Å². The fourth-order valence-corrected chi connectivity index (χ4v) is 6.42. The van der Waals surface area contributed by atoms with Gasteiger partial charge in [0, 0.05) is 43.2 Å². The van der Waals surface area contributed by atoms with E-state index in [1.165, 1.54) is 45.8 Å². The quantitative estimate of drug-likeness (QED) is 0.506. The van der Waals surface area contributed by atoms with Crippen LogP contribution in [0.1, 0.15) is 51.3 Å².